The zero-order chi connectivity index (χ0) is 13.6. The number of nitrogens with two attached hydrogens (primary N) is 1. The van der Waals surface area contributed by atoms with E-state index in [-0.39, 0.29) is 0 Å². The summed E-state index contributed by atoms with van der Waals surface area (Å²) in [6, 6.07) is 2.25. The van der Waals surface area contributed by atoms with Crippen molar-refractivity contribution >= 4 is 0 Å². The summed E-state index contributed by atoms with van der Waals surface area (Å²) in [5.74, 6) is 1.73. The third-order valence-electron chi connectivity index (χ3n) is 4.53. The minimum absolute atomic E-state index is 0.601. The van der Waals surface area contributed by atoms with E-state index in [2.05, 4.69) is 24.8 Å². The number of hydrogen-bond acceptors (Lipinski definition) is 3. The molecular weight excluding hydrogens is 222 g/mol. The molecule has 1 aliphatic heterocycles. The minimum atomic E-state index is -0.601. The van der Waals surface area contributed by atoms with Crippen LogP contribution in [0.2, 0.25) is 0 Å². The number of likely N-dealkylation sites (tertiary alicyclic amines) is 1. The predicted molar refractivity (Wildman–Crippen MR) is 76.1 cm³/mol. The van der Waals surface area contributed by atoms with Gasteiger partial charge in [0.2, 0.25) is 0 Å². The van der Waals surface area contributed by atoms with E-state index in [0.717, 1.165) is 37.6 Å². The lowest BCUT2D eigenvalue weighted by molar-refractivity contribution is 0.154. The maximum Gasteiger partial charge on any atom is 0.104 e. The maximum absolute atomic E-state index is 9.03. The molecule has 3 nitrogen and oxygen atoms in total. The highest BCUT2D eigenvalue weighted by atomic mass is 15.1. The lowest BCUT2D eigenvalue weighted by Gasteiger charge is -2.34. The van der Waals surface area contributed by atoms with E-state index in [1.165, 1.54) is 25.9 Å². The molecule has 1 rings (SSSR count). The monoisotopic (exact) mass is 251 g/mol. The van der Waals surface area contributed by atoms with Gasteiger partial charge >= 0.3 is 0 Å². The summed E-state index contributed by atoms with van der Waals surface area (Å²) in [4.78, 5) is 2.53. The molecule has 0 saturated carbocycles. The highest BCUT2D eigenvalue weighted by molar-refractivity contribution is 5.03. The average molecular weight is 251 g/mol. The molecule has 1 fully saturated rings. The first kappa shape index (κ1) is 15.5. The van der Waals surface area contributed by atoms with Crippen molar-refractivity contribution in [2.24, 2.45) is 17.6 Å². The standard InChI is InChI=1S/C15H29N3/c1-4-15(17,12-16)8-5-9-18-10-6-14(7-11-18)13(2)3/h13-14H,4-11,17H2,1-3H3. The highest BCUT2D eigenvalue weighted by Crippen LogP contribution is 2.24. The van der Waals surface area contributed by atoms with Gasteiger partial charge in [-0.3, -0.25) is 0 Å². The quantitative estimate of drug-likeness (QED) is 0.789. The molecule has 104 valence electrons. The summed E-state index contributed by atoms with van der Waals surface area (Å²) in [6.07, 6.45) is 5.28. The minimum Gasteiger partial charge on any atom is -0.313 e. The number of hydrogen-bond donors (Lipinski definition) is 1. The summed E-state index contributed by atoms with van der Waals surface area (Å²) < 4.78 is 0. The Balaban J connectivity index is 2.21. The van der Waals surface area contributed by atoms with E-state index in [1.54, 1.807) is 0 Å². The summed E-state index contributed by atoms with van der Waals surface area (Å²) in [5, 5.41) is 9.03. The van der Waals surface area contributed by atoms with E-state index in [4.69, 9.17) is 11.0 Å². The van der Waals surface area contributed by atoms with Crippen LogP contribution in [0.4, 0.5) is 0 Å². The van der Waals surface area contributed by atoms with Gasteiger partial charge in [-0.1, -0.05) is 20.8 Å². The second kappa shape index (κ2) is 7.11. The largest absolute Gasteiger partial charge is 0.313 e. The average Bonchev–Trinajstić information content (AvgIpc) is 2.39. The van der Waals surface area contributed by atoms with Crippen LogP contribution in [0.15, 0.2) is 0 Å². The van der Waals surface area contributed by atoms with Crippen molar-refractivity contribution in [1.29, 1.82) is 5.26 Å². The van der Waals surface area contributed by atoms with Gasteiger partial charge in [-0.15, -0.1) is 0 Å². The van der Waals surface area contributed by atoms with Gasteiger partial charge in [0.05, 0.1) is 6.07 Å². The molecule has 0 bridgehead atoms. The fourth-order valence-corrected chi connectivity index (χ4v) is 2.77. The molecule has 0 aromatic carbocycles. The third kappa shape index (κ3) is 4.59. The number of nitrogens with zero attached hydrogens (tertiary/aromatic N) is 2. The first-order valence-corrected chi connectivity index (χ1v) is 7.43. The molecule has 0 aliphatic carbocycles. The Labute approximate surface area is 112 Å². The third-order valence-corrected chi connectivity index (χ3v) is 4.53. The lowest BCUT2D eigenvalue weighted by atomic mass is 9.86. The van der Waals surface area contributed by atoms with Gasteiger partial charge < -0.3 is 10.6 Å². The normalized spacial score (nSPS) is 21.8. The van der Waals surface area contributed by atoms with Crippen LogP contribution in [-0.4, -0.2) is 30.1 Å². The van der Waals surface area contributed by atoms with E-state index < -0.39 is 5.54 Å². The van der Waals surface area contributed by atoms with Gasteiger partial charge in [0.1, 0.15) is 5.54 Å². The maximum atomic E-state index is 9.03. The summed E-state index contributed by atoms with van der Waals surface area (Å²) in [5.41, 5.74) is 5.39. The lowest BCUT2D eigenvalue weighted by Crippen LogP contribution is -2.40. The smallest absolute Gasteiger partial charge is 0.104 e. The van der Waals surface area contributed by atoms with Gasteiger partial charge in [0, 0.05) is 0 Å². The fourth-order valence-electron chi connectivity index (χ4n) is 2.77. The molecule has 2 N–H and O–H groups in total. The molecule has 0 spiro atoms. The van der Waals surface area contributed by atoms with Gasteiger partial charge in [0.15, 0.2) is 0 Å². The molecule has 0 radical (unpaired) electrons. The van der Waals surface area contributed by atoms with Crippen LogP contribution < -0.4 is 5.73 Å². The Kier molecular flexibility index (Phi) is 6.11. The molecule has 18 heavy (non-hydrogen) atoms. The molecule has 1 saturated heterocycles. The molecule has 1 atom stereocenters. The highest BCUT2D eigenvalue weighted by Gasteiger charge is 2.24. The van der Waals surface area contributed by atoms with Crippen LogP contribution in [0.1, 0.15) is 52.9 Å². The number of nitriles is 1. The summed E-state index contributed by atoms with van der Waals surface area (Å²) >= 11 is 0. The predicted octanol–water partition coefficient (Wildman–Crippen LogP) is 2.77. The first-order valence-electron chi connectivity index (χ1n) is 7.43. The molecule has 1 heterocycles. The van der Waals surface area contributed by atoms with Crippen LogP contribution in [0.25, 0.3) is 0 Å². The van der Waals surface area contributed by atoms with E-state index in [1.807, 2.05) is 6.92 Å². The molecule has 1 aliphatic rings. The van der Waals surface area contributed by atoms with E-state index >= 15 is 0 Å². The van der Waals surface area contributed by atoms with E-state index in [9.17, 15) is 0 Å². The van der Waals surface area contributed by atoms with Crippen molar-refractivity contribution in [2.75, 3.05) is 19.6 Å². The van der Waals surface area contributed by atoms with Crippen molar-refractivity contribution in [1.82, 2.24) is 4.90 Å². The van der Waals surface area contributed by atoms with Crippen LogP contribution >= 0.6 is 0 Å². The Morgan fingerprint density at radius 3 is 2.44 bits per heavy atom. The topological polar surface area (TPSA) is 53.1 Å². The van der Waals surface area contributed by atoms with Crippen LogP contribution in [0, 0.1) is 23.2 Å². The first-order chi connectivity index (χ1) is 8.50. The summed E-state index contributed by atoms with van der Waals surface area (Å²) in [7, 11) is 0. The Bertz CT molecular complexity index is 274. The van der Waals surface area contributed by atoms with E-state index in [0.29, 0.717) is 0 Å². The molecule has 1 unspecified atom stereocenters. The summed E-state index contributed by atoms with van der Waals surface area (Å²) in [6.45, 7) is 10.2. The Morgan fingerprint density at radius 1 is 1.39 bits per heavy atom. The SMILES string of the molecule is CCC(N)(C#N)CCCN1CCC(C(C)C)CC1. The zero-order valence-electron chi connectivity index (χ0n) is 12.3. The molecule has 0 amide bonds. The number of rotatable bonds is 6. The van der Waals surface area contributed by atoms with Crippen molar-refractivity contribution < 1.29 is 0 Å². The van der Waals surface area contributed by atoms with Gasteiger partial charge in [-0.25, -0.2) is 0 Å². The fraction of sp³-hybridized carbons (Fsp3) is 0.933. The Morgan fingerprint density at radius 2 is 2.00 bits per heavy atom. The zero-order valence-corrected chi connectivity index (χ0v) is 12.3. The molecule has 3 heteroatoms. The molecule has 0 aromatic heterocycles. The van der Waals surface area contributed by atoms with Gasteiger partial charge in [0.25, 0.3) is 0 Å². The van der Waals surface area contributed by atoms with Crippen molar-refractivity contribution in [2.45, 2.75) is 58.4 Å². The molecular formula is C15H29N3. The van der Waals surface area contributed by atoms with Crippen molar-refractivity contribution in [3.8, 4) is 6.07 Å². The Hall–Kier alpha value is -0.590. The number of piperidine rings is 1. The van der Waals surface area contributed by atoms with Crippen LogP contribution in [-0.2, 0) is 0 Å². The second-order valence-electron chi connectivity index (χ2n) is 6.15. The van der Waals surface area contributed by atoms with Gasteiger partial charge in [-0.2, -0.15) is 5.26 Å². The second-order valence-corrected chi connectivity index (χ2v) is 6.15. The van der Waals surface area contributed by atoms with Crippen molar-refractivity contribution in [3.05, 3.63) is 0 Å². The van der Waals surface area contributed by atoms with Gasteiger partial charge in [-0.05, 0) is 63.6 Å². The van der Waals surface area contributed by atoms with Crippen molar-refractivity contribution in [3.63, 3.8) is 0 Å². The molecule has 0 aromatic rings. The van der Waals surface area contributed by atoms with Crippen LogP contribution in [0.5, 0.6) is 0 Å². The van der Waals surface area contributed by atoms with Crippen LogP contribution in [0.3, 0.4) is 0 Å².